The summed E-state index contributed by atoms with van der Waals surface area (Å²) >= 11 is 0. The van der Waals surface area contributed by atoms with Gasteiger partial charge in [-0.3, -0.25) is 0 Å². The number of rotatable bonds is 2. The average Bonchev–Trinajstić information content (AvgIpc) is 2.34. The van der Waals surface area contributed by atoms with E-state index >= 15 is 0 Å². The summed E-state index contributed by atoms with van der Waals surface area (Å²) in [6.45, 7) is 3.14. The molecule has 0 saturated heterocycles. The van der Waals surface area contributed by atoms with E-state index in [9.17, 15) is 4.79 Å². The minimum absolute atomic E-state index is 0.470. The lowest BCUT2D eigenvalue weighted by atomic mass is 10.4. The molecule has 0 bridgehead atoms. The third kappa shape index (κ3) is 1.51. The van der Waals surface area contributed by atoms with Gasteiger partial charge in [0.05, 0.1) is 0 Å². The molecule has 0 aliphatic rings. The molecule has 1 rings (SSSR count). The molecule has 6 heteroatoms. The van der Waals surface area contributed by atoms with Gasteiger partial charge in [0, 0.05) is 0 Å². The van der Waals surface area contributed by atoms with Gasteiger partial charge in [-0.1, -0.05) is 0 Å². The highest BCUT2D eigenvalue weighted by Gasteiger charge is 2.15. The first-order valence-corrected chi connectivity index (χ1v) is 3.10. The molecule has 0 saturated carbocycles. The summed E-state index contributed by atoms with van der Waals surface area (Å²) in [6, 6.07) is -0.754. The molecule has 1 aromatic heterocycles. The van der Waals surface area contributed by atoms with Crippen LogP contribution < -0.4 is 0 Å². The van der Waals surface area contributed by atoms with Crippen molar-refractivity contribution in [2.75, 3.05) is 0 Å². The van der Waals surface area contributed by atoms with Crippen LogP contribution in [-0.2, 0) is 4.79 Å². The Bertz CT molecular complexity index is 269. The van der Waals surface area contributed by atoms with E-state index in [1.807, 2.05) is 0 Å². The number of aryl methyl sites for hydroxylation is 1. The molecule has 0 radical (unpaired) electrons. The summed E-state index contributed by atoms with van der Waals surface area (Å²) < 4.78 is 0. The Hall–Kier alpha value is -1.46. The van der Waals surface area contributed by atoms with Gasteiger partial charge in [0.1, 0.15) is 0 Å². The Morgan fingerprint density at radius 1 is 1.73 bits per heavy atom. The predicted molar refractivity (Wildman–Crippen MR) is 34.9 cm³/mol. The summed E-state index contributed by atoms with van der Waals surface area (Å²) in [5.74, 6) is -0.500. The molecule has 0 amide bonds. The highest BCUT2D eigenvalue weighted by molar-refractivity contribution is 5.70. The van der Waals surface area contributed by atoms with Crippen molar-refractivity contribution in [1.29, 1.82) is 0 Å². The number of aliphatic carboxylic acids is 1. The van der Waals surface area contributed by atoms with Gasteiger partial charge in [0.25, 0.3) is 0 Å². The van der Waals surface area contributed by atoms with E-state index < -0.39 is 12.0 Å². The summed E-state index contributed by atoms with van der Waals surface area (Å²) in [6.07, 6.45) is 0. The van der Waals surface area contributed by atoms with Crippen LogP contribution in [0.3, 0.4) is 0 Å². The Balaban J connectivity index is 2.84. The van der Waals surface area contributed by atoms with Crippen LogP contribution in [0.25, 0.3) is 0 Å². The maximum absolute atomic E-state index is 10.4. The highest BCUT2D eigenvalue weighted by Crippen LogP contribution is 1.99. The molecule has 1 heterocycles. The molecular weight excluding hydrogens is 148 g/mol. The van der Waals surface area contributed by atoms with Crippen LogP contribution in [0, 0.1) is 6.92 Å². The molecule has 1 aromatic rings. The number of nitrogens with zero attached hydrogens (tertiary/aromatic N) is 4. The van der Waals surface area contributed by atoms with Crippen LogP contribution in [0.2, 0.25) is 0 Å². The van der Waals surface area contributed by atoms with Crippen molar-refractivity contribution in [3.8, 4) is 0 Å². The monoisotopic (exact) mass is 156 g/mol. The van der Waals surface area contributed by atoms with Crippen molar-refractivity contribution < 1.29 is 9.90 Å². The third-order valence-corrected chi connectivity index (χ3v) is 1.23. The van der Waals surface area contributed by atoms with Gasteiger partial charge in [0.15, 0.2) is 11.9 Å². The summed E-state index contributed by atoms with van der Waals surface area (Å²) in [4.78, 5) is 11.4. The van der Waals surface area contributed by atoms with Crippen molar-refractivity contribution in [2.24, 2.45) is 0 Å². The van der Waals surface area contributed by atoms with Crippen molar-refractivity contribution in [1.82, 2.24) is 20.2 Å². The molecule has 6 nitrogen and oxygen atoms in total. The second-order valence-corrected chi connectivity index (χ2v) is 2.17. The number of tetrazole rings is 1. The van der Waals surface area contributed by atoms with E-state index in [4.69, 9.17) is 5.11 Å². The Morgan fingerprint density at radius 2 is 2.36 bits per heavy atom. The normalized spacial score (nSPS) is 12.9. The third-order valence-electron chi connectivity index (χ3n) is 1.23. The maximum atomic E-state index is 10.4. The van der Waals surface area contributed by atoms with E-state index in [1.165, 1.54) is 6.92 Å². The molecule has 0 aliphatic heterocycles. The van der Waals surface area contributed by atoms with Crippen LogP contribution >= 0.6 is 0 Å². The number of aromatic nitrogens is 4. The summed E-state index contributed by atoms with van der Waals surface area (Å²) in [7, 11) is 0. The van der Waals surface area contributed by atoms with Crippen molar-refractivity contribution in [2.45, 2.75) is 19.9 Å². The minimum atomic E-state index is -0.970. The molecule has 0 aliphatic carbocycles. The lowest BCUT2D eigenvalue weighted by Gasteiger charge is -2.01. The Morgan fingerprint density at radius 3 is 2.73 bits per heavy atom. The van der Waals surface area contributed by atoms with Gasteiger partial charge in [-0.25, -0.2) is 4.79 Å². The maximum Gasteiger partial charge on any atom is 0.330 e. The van der Waals surface area contributed by atoms with Gasteiger partial charge in [-0.05, 0) is 19.1 Å². The fraction of sp³-hybridized carbons (Fsp3) is 0.600. The summed E-state index contributed by atoms with van der Waals surface area (Å²) in [5, 5.41) is 19.3. The Kier molecular flexibility index (Phi) is 1.84. The second kappa shape index (κ2) is 2.65. The van der Waals surface area contributed by atoms with E-state index in [0.717, 1.165) is 4.80 Å². The van der Waals surface area contributed by atoms with Crippen molar-refractivity contribution in [3.63, 3.8) is 0 Å². The second-order valence-electron chi connectivity index (χ2n) is 2.17. The van der Waals surface area contributed by atoms with Gasteiger partial charge >= 0.3 is 5.97 Å². The first-order chi connectivity index (χ1) is 5.11. The van der Waals surface area contributed by atoms with E-state index in [1.54, 1.807) is 6.92 Å². The van der Waals surface area contributed by atoms with Gasteiger partial charge < -0.3 is 5.11 Å². The molecular formula is C5H8N4O2. The van der Waals surface area contributed by atoms with Gasteiger partial charge in [0.2, 0.25) is 0 Å². The standard InChI is InChI=1S/C5H8N4O2/c1-3(5(10)11)9-7-4(2)6-8-9/h3H,1-2H3,(H,10,11). The molecule has 60 valence electrons. The van der Waals surface area contributed by atoms with Crippen molar-refractivity contribution in [3.05, 3.63) is 5.82 Å². The van der Waals surface area contributed by atoms with E-state index in [0.29, 0.717) is 5.82 Å². The summed E-state index contributed by atoms with van der Waals surface area (Å²) in [5.41, 5.74) is 0. The Labute approximate surface area is 62.8 Å². The molecule has 0 aromatic carbocycles. The lowest BCUT2D eigenvalue weighted by molar-refractivity contribution is -0.141. The quantitative estimate of drug-likeness (QED) is 0.631. The molecule has 1 unspecified atom stereocenters. The zero-order valence-corrected chi connectivity index (χ0v) is 6.22. The SMILES string of the molecule is Cc1nnn(C(C)C(=O)O)n1. The van der Waals surface area contributed by atoms with Gasteiger partial charge in [-0.2, -0.15) is 0 Å². The highest BCUT2D eigenvalue weighted by atomic mass is 16.4. The van der Waals surface area contributed by atoms with Crippen LogP contribution in [0.5, 0.6) is 0 Å². The van der Waals surface area contributed by atoms with Crippen LogP contribution in [0.4, 0.5) is 0 Å². The molecule has 1 atom stereocenters. The van der Waals surface area contributed by atoms with Crippen LogP contribution in [-0.4, -0.2) is 31.3 Å². The molecule has 1 N–H and O–H groups in total. The van der Waals surface area contributed by atoms with Crippen LogP contribution in [0.1, 0.15) is 18.8 Å². The van der Waals surface area contributed by atoms with Gasteiger partial charge in [-0.15, -0.1) is 15.0 Å². The van der Waals surface area contributed by atoms with Crippen LogP contribution in [0.15, 0.2) is 0 Å². The zero-order valence-electron chi connectivity index (χ0n) is 6.22. The molecule has 0 fully saturated rings. The minimum Gasteiger partial charge on any atom is -0.480 e. The fourth-order valence-corrected chi connectivity index (χ4v) is 0.562. The predicted octanol–water partition coefficient (Wildman–Crippen LogP) is -0.373. The number of hydrogen-bond acceptors (Lipinski definition) is 4. The number of hydrogen-bond donors (Lipinski definition) is 1. The first-order valence-electron chi connectivity index (χ1n) is 3.10. The largest absolute Gasteiger partial charge is 0.480 e. The van der Waals surface area contributed by atoms with Crippen molar-refractivity contribution >= 4 is 5.97 Å². The average molecular weight is 156 g/mol. The smallest absolute Gasteiger partial charge is 0.330 e. The fourth-order valence-electron chi connectivity index (χ4n) is 0.562. The number of carboxylic acid groups (broad SMARTS) is 1. The lowest BCUT2D eigenvalue weighted by Crippen LogP contribution is -2.18. The molecule has 0 spiro atoms. The van der Waals surface area contributed by atoms with E-state index in [-0.39, 0.29) is 0 Å². The zero-order chi connectivity index (χ0) is 8.43. The topological polar surface area (TPSA) is 80.9 Å². The van der Waals surface area contributed by atoms with E-state index in [2.05, 4.69) is 15.4 Å². The number of carboxylic acids is 1. The number of carbonyl (C=O) groups is 1. The first kappa shape index (κ1) is 7.64. The molecule has 11 heavy (non-hydrogen) atoms.